The number of fused-ring (bicyclic) bond motifs is 1. The molecule has 20 heteroatoms. The molecule has 48 heavy (non-hydrogen) atoms. The molecule has 2 aliphatic rings. The number of anilines is 1. The van der Waals surface area contributed by atoms with E-state index < -0.39 is 103 Å². The lowest BCUT2D eigenvalue weighted by Gasteiger charge is -2.35. The molecule has 0 aliphatic carbocycles. The first-order valence-electron chi connectivity index (χ1n) is 14.4. The highest BCUT2D eigenvalue weighted by atomic mass is 35.5. The van der Waals surface area contributed by atoms with Crippen molar-refractivity contribution in [1.82, 2.24) is 29.8 Å². The summed E-state index contributed by atoms with van der Waals surface area (Å²) in [5, 5.41) is 14.3. The van der Waals surface area contributed by atoms with E-state index >= 15 is 4.39 Å². The van der Waals surface area contributed by atoms with E-state index in [9.17, 15) is 35.2 Å². The molecule has 0 radical (unpaired) electrons. The number of nitrogens with one attached hydrogen (secondary N) is 1. The van der Waals surface area contributed by atoms with Gasteiger partial charge in [0.2, 0.25) is 15.8 Å². The number of piperidine rings is 1. The Morgan fingerprint density at radius 3 is 2.48 bits per heavy atom. The predicted octanol–water partition coefficient (Wildman–Crippen LogP) is 3.19. The number of aromatic nitrogens is 4. The molecule has 260 valence electrons. The number of hydrogen-bond donors (Lipinski definition) is 1. The number of carbonyl (C=O) groups excluding carboxylic acids is 2. The zero-order chi connectivity index (χ0) is 35.4. The van der Waals surface area contributed by atoms with E-state index in [4.69, 9.17) is 16.3 Å². The number of alkyl carbamates (subject to hydrolysis) is 1. The second-order valence-corrected chi connectivity index (χ2v) is 17.0. The van der Waals surface area contributed by atoms with Crippen LogP contribution in [0.3, 0.4) is 0 Å². The summed E-state index contributed by atoms with van der Waals surface area (Å²) >= 11 is 6.01. The topological polar surface area (TPSA) is 174 Å². The van der Waals surface area contributed by atoms with E-state index in [0.29, 0.717) is 21.0 Å². The molecule has 1 fully saturated rings. The molecule has 1 unspecified atom stereocenters. The fourth-order valence-corrected chi connectivity index (χ4v) is 7.88. The standard InChI is InChI=1S/C28H31ClF3N7O7S2/c1-27(2,3)46-26(41)33-21-14-48(44,45)23-10-20(30)19(9-22(23)38(25(21)40)12-16-5-7-17(29)8-6-16)24-34-36-39(35-24)18-11-28(31,32)15-37(13-18)47(4,42)43/h5-10,18,21H,11-15H2,1-4H3,(H,33,41)/t18?,21-/m0/s1. The summed E-state index contributed by atoms with van der Waals surface area (Å²) in [5.74, 6) is -6.79. The summed E-state index contributed by atoms with van der Waals surface area (Å²) in [6, 6.07) is 5.06. The van der Waals surface area contributed by atoms with Gasteiger partial charge in [-0.3, -0.25) is 4.79 Å². The molecular weight excluding hydrogens is 703 g/mol. The van der Waals surface area contributed by atoms with Gasteiger partial charge >= 0.3 is 6.09 Å². The zero-order valence-electron chi connectivity index (χ0n) is 26.0. The molecule has 14 nitrogen and oxygen atoms in total. The first-order chi connectivity index (χ1) is 22.1. The number of amides is 2. The Bertz CT molecular complexity index is 1970. The maximum absolute atomic E-state index is 15.7. The SMILES string of the molecule is CC(C)(C)OC(=O)N[C@H]1CS(=O)(=O)c2cc(F)c(-c3nnn(C4CN(S(C)(=O)=O)CC(F)(F)C4)n3)cc2N(Cc2ccc(Cl)cc2)C1=O. The largest absolute Gasteiger partial charge is 0.444 e. The molecule has 0 saturated carbocycles. The maximum Gasteiger partial charge on any atom is 0.408 e. The number of sulfone groups is 1. The minimum absolute atomic E-state index is 0.241. The van der Waals surface area contributed by atoms with Crippen LogP contribution >= 0.6 is 11.6 Å². The summed E-state index contributed by atoms with van der Waals surface area (Å²) in [5.41, 5.74) is -1.17. The van der Waals surface area contributed by atoms with Crippen LogP contribution < -0.4 is 10.2 Å². The summed E-state index contributed by atoms with van der Waals surface area (Å²) < 4.78 is 102. The summed E-state index contributed by atoms with van der Waals surface area (Å²) in [7, 11) is -8.46. The Balaban J connectivity index is 1.57. The van der Waals surface area contributed by atoms with Crippen LogP contribution in [0, 0.1) is 5.82 Å². The van der Waals surface area contributed by atoms with Gasteiger partial charge in [0, 0.05) is 18.0 Å². The fourth-order valence-electron chi connectivity index (χ4n) is 5.28. The van der Waals surface area contributed by atoms with E-state index in [-0.39, 0.29) is 12.2 Å². The molecule has 5 rings (SSSR count). The van der Waals surface area contributed by atoms with E-state index in [2.05, 4.69) is 20.7 Å². The fraction of sp³-hybridized carbons (Fsp3) is 0.464. The van der Waals surface area contributed by atoms with Crippen LogP contribution in [0.25, 0.3) is 11.4 Å². The van der Waals surface area contributed by atoms with Crippen LogP contribution in [0.4, 0.5) is 23.7 Å². The third kappa shape index (κ3) is 7.90. The number of nitrogens with zero attached hydrogens (tertiary/aromatic N) is 6. The molecule has 1 saturated heterocycles. The van der Waals surface area contributed by atoms with Gasteiger partial charge in [-0.05, 0) is 55.8 Å². The van der Waals surface area contributed by atoms with Crippen molar-refractivity contribution in [3.05, 3.63) is 52.8 Å². The molecule has 0 bridgehead atoms. The Morgan fingerprint density at radius 1 is 1.19 bits per heavy atom. The highest BCUT2D eigenvalue weighted by Gasteiger charge is 2.45. The van der Waals surface area contributed by atoms with Crippen molar-refractivity contribution in [3.63, 3.8) is 0 Å². The quantitative estimate of drug-likeness (QED) is 0.397. The molecule has 2 aromatic carbocycles. The minimum atomic E-state index is -4.45. The lowest BCUT2D eigenvalue weighted by molar-refractivity contribution is -0.120. The summed E-state index contributed by atoms with van der Waals surface area (Å²) in [6.07, 6.45) is -1.09. The van der Waals surface area contributed by atoms with Crippen molar-refractivity contribution in [1.29, 1.82) is 0 Å². The number of tetrazole rings is 1. The Kier molecular flexibility index (Phi) is 9.30. The highest BCUT2D eigenvalue weighted by molar-refractivity contribution is 7.91. The Hall–Kier alpha value is -3.81. The minimum Gasteiger partial charge on any atom is -0.444 e. The molecule has 3 heterocycles. The molecule has 3 aromatic rings. The molecule has 2 aliphatic heterocycles. The van der Waals surface area contributed by atoms with Crippen LogP contribution in [-0.2, 0) is 35.9 Å². The van der Waals surface area contributed by atoms with E-state index in [1.54, 1.807) is 45.0 Å². The number of carbonyl (C=O) groups is 2. The third-order valence-electron chi connectivity index (χ3n) is 7.39. The monoisotopic (exact) mass is 733 g/mol. The van der Waals surface area contributed by atoms with Crippen LogP contribution in [0.5, 0.6) is 0 Å². The van der Waals surface area contributed by atoms with E-state index in [1.165, 1.54) is 0 Å². The zero-order valence-corrected chi connectivity index (χ0v) is 28.4. The molecule has 2 atom stereocenters. The molecule has 1 N–H and O–H groups in total. The van der Waals surface area contributed by atoms with Crippen molar-refractivity contribution in [2.45, 2.75) is 62.2 Å². The van der Waals surface area contributed by atoms with Gasteiger partial charge in [-0.1, -0.05) is 23.7 Å². The van der Waals surface area contributed by atoms with Gasteiger partial charge in [-0.2, -0.15) is 9.10 Å². The van der Waals surface area contributed by atoms with Gasteiger partial charge in [-0.15, -0.1) is 10.2 Å². The number of halogens is 4. The van der Waals surface area contributed by atoms with Crippen molar-refractivity contribution in [2.75, 3.05) is 30.0 Å². The van der Waals surface area contributed by atoms with Gasteiger partial charge in [0.25, 0.3) is 11.8 Å². The normalized spacial score (nSPS) is 21.3. The smallest absolute Gasteiger partial charge is 0.408 e. The molecule has 2 amide bonds. The van der Waals surface area contributed by atoms with Crippen LogP contribution in [-0.4, -0.2) is 96.0 Å². The van der Waals surface area contributed by atoms with Crippen molar-refractivity contribution in [2.24, 2.45) is 0 Å². The van der Waals surface area contributed by atoms with Crippen LogP contribution in [0.15, 0.2) is 41.3 Å². The maximum atomic E-state index is 15.7. The average Bonchev–Trinajstić information content (AvgIpc) is 3.42. The van der Waals surface area contributed by atoms with E-state index in [1.807, 2.05) is 0 Å². The Morgan fingerprint density at radius 2 is 1.85 bits per heavy atom. The first-order valence-corrected chi connectivity index (χ1v) is 18.2. The molecule has 1 aromatic heterocycles. The van der Waals surface area contributed by atoms with Gasteiger partial charge in [0.1, 0.15) is 17.5 Å². The third-order valence-corrected chi connectivity index (χ3v) is 10.6. The second kappa shape index (κ2) is 12.6. The first kappa shape index (κ1) is 35.5. The Labute approximate surface area is 279 Å². The van der Waals surface area contributed by atoms with Crippen LogP contribution in [0.1, 0.15) is 38.8 Å². The molecule has 0 spiro atoms. The number of sulfonamides is 1. The number of benzene rings is 2. The van der Waals surface area contributed by atoms with Gasteiger partial charge in [0.15, 0.2) is 9.84 Å². The van der Waals surface area contributed by atoms with Crippen molar-refractivity contribution < 1.29 is 44.3 Å². The van der Waals surface area contributed by atoms with Crippen molar-refractivity contribution >= 4 is 49.1 Å². The lowest BCUT2D eigenvalue weighted by Crippen LogP contribution is -2.51. The molecular formula is C28H31ClF3N7O7S2. The van der Waals surface area contributed by atoms with Gasteiger partial charge in [-0.25, -0.2) is 34.8 Å². The second-order valence-electron chi connectivity index (χ2n) is 12.5. The average molecular weight is 734 g/mol. The van der Waals surface area contributed by atoms with Crippen molar-refractivity contribution in [3.8, 4) is 11.4 Å². The number of hydrogen-bond acceptors (Lipinski definition) is 10. The summed E-state index contributed by atoms with van der Waals surface area (Å²) in [6.45, 7) is 3.07. The van der Waals surface area contributed by atoms with Gasteiger partial charge in [0.05, 0.1) is 47.3 Å². The number of ether oxygens (including phenoxy) is 1. The predicted molar refractivity (Wildman–Crippen MR) is 166 cm³/mol. The van der Waals surface area contributed by atoms with Crippen LogP contribution in [0.2, 0.25) is 5.02 Å². The lowest BCUT2D eigenvalue weighted by atomic mass is 10.1. The number of alkyl halides is 2. The van der Waals surface area contributed by atoms with Gasteiger partial charge < -0.3 is 15.0 Å². The van der Waals surface area contributed by atoms with E-state index in [0.717, 1.165) is 22.0 Å². The summed E-state index contributed by atoms with van der Waals surface area (Å²) in [4.78, 5) is 27.8. The number of rotatable bonds is 6. The highest BCUT2D eigenvalue weighted by Crippen LogP contribution is 2.38.